The fourth-order valence-electron chi connectivity index (χ4n) is 2.69. The number of nitrogens with zero attached hydrogens (tertiary/aromatic N) is 1. The van der Waals surface area contributed by atoms with Gasteiger partial charge in [0.15, 0.2) is 0 Å². The van der Waals surface area contributed by atoms with Gasteiger partial charge in [-0.1, -0.05) is 22.0 Å². The Bertz CT molecular complexity index is 857. The van der Waals surface area contributed by atoms with Crippen LogP contribution in [-0.4, -0.2) is 16.0 Å². The molecule has 5 heteroatoms. The number of aryl methyl sites for hydroxylation is 1. The van der Waals surface area contributed by atoms with Crippen LogP contribution in [0.3, 0.4) is 0 Å². The van der Waals surface area contributed by atoms with Crippen molar-refractivity contribution < 1.29 is 9.90 Å². The highest BCUT2D eigenvalue weighted by atomic mass is 79.9. The average molecular weight is 373 g/mol. The highest BCUT2D eigenvalue weighted by Crippen LogP contribution is 2.30. The molecule has 0 saturated heterocycles. The first-order valence-corrected chi connectivity index (χ1v) is 8.13. The molecule has 0 radical (unpaired) electrons. The predicted octanol–water partition coefficient (Wildman–Crippen LogP) is 4.05. The van der Waals surface area contributed by atoms with Crippen LogP contribution in [-0.2, 0) is 11.2 Å². The first-order chi connectivity index (χ1) is 10.9. The van der Waals surface area contributed by atoms with Crippen LogP contribution in [0.25, 0.3) is 6.08 Å². The van der Waals surface area contributed by atoms with Crippen LogP contribution in [0.5, 0.6) is 5.75 Å². The Kier molecular flexibility index (Phi) is 3.98. The molecule has 1 aliphatic carbocycles. The SMILES string of the molecule is Cc1nc(NC(=O)C2=Cc3cc(Br)ccc3C2)c(C)c(C)c1O. The van der Waals surface area contributed by atoms with Crippen molar-refractivity contribution in [3.63, 3.8) is 0 Å². The van der Waals surface area contributed by atoms with Gasteiger partial charge in [0, 0.05) is 16.5 Å². The lowest BCUT2D eigenvalue weighted by Crippen LogP contribution is -2.17. The molecular weight excluding hydrogens is 356 g/mol. The van der Waals surface area contributed by atoms with Crippen molar-refractivity contribution in [2.24, 2.45) is 0 Å². The summed E-state index contributed by atoms with van der Waals surface area (Å²) in [6.45, 7) is 5.38. The van der Waals surface area contributed by atoms with Crippen molar-refractivity contribution >= 4 is 33.7 Å². The number of carbonyl (C=O) groups excluding carboxylic acids is 1. The molecular formula is C18H17BrN2O2. The van der Waals surface area contributed by atoms with Gasteiger partial charge in [-0.2, -0.15) is 0 Å². The number of benzene rings is 1. The van der Waals surface area contributed by atoms with Crippen LogP contribution in [0.1, 0.15) is 27.9 Å². The van der Waals surface area contributed by atoms with Gasteiger partial charge in [-0.05, 0) is 61.2 Å². The lowest BCUT2D eigenvalue weighted by molar-refractivity contribution is -0.112. The third-order valence-corrected chi connectivity index (χ3v) is 4.73. The zero-order chi connectivity index (χ0) is 16.7. The average Bonchev–Trinajstić information content (AvgIpc) is 2.93. The first-order valence-electron chi connectivity index (χ1n) is 7.34. The zero-order valence-electron chi connectivity index (χ0n) is 13.2. The van der Waals surface area contributed by atoms with Crippen molar-refractivity contribution in [3.05, 3.63) is 56.2 Å². The summed E-state index contributed by atoms with van der Waals surface area (Å²) in [6, 6.07) is 6.01. The van der Waals surface area contributed by atoms with Crippen LogP contribution in [0.2, 0.25) is 0 Å². The number of fused-ring (bicyclic) bond motifs is 1. The number of hydrogen-bond acceptors (Lipinski definition) is 3. The molecule has 4 nitrogen and oxygen atoms in total. The number of carbonyl (C=O) groups is 1. The van der Waals surface area contributed by atoms with Crippen molar-refractivity contribution in [3.8, 4) is 5.75 Å². The minimum Gasteiger partial charge on any atom is -0.506 e. The van der Waals surface area contributed by atoms with Gasteiger partial charge >= 0.3 is 0 Å². The van der Waals surface area contributed by atoms with E-state index in [-0.39, 0.29) is 11.7 Å². The summed E-state index contributed by atoms with van der Waals surface area (Å²) in [7, 11) is 0. The molecule has 1 heterocycles. The number of halogens is 1. The summed E-state index contributed by atoms with van der Waals surface area (Å²) >= 11 is 3.44. The maximum atomic E-state index is 12.5. The second kappa shape index (κ2) is 5.81. The highest BCUT2D eigenvalue weighted by Gasteiger charge is 2.20. The summed E-state index contributed by atoms with van der Waals surface area (Å²) in [5.41, 5.74) is 4.94. The molecule has 0 fully saturated rings. The first kappa shape index (κ1) is 15.7. The number of rotatable bonds is 2. The Morgan fingerprint density at radius 1 is 1.26 bits per heavy atom. The standard InChI is InChI=1S/C18H17BrN2O2/c1-9-10(2)17(20-11(3)16(9)22)21-18(23)14-6-12-4-5-15(19)8-13(12)7-14/h4-5,7-8,22H,6H2,1-3H3,(H,20,21,23). The molecule has 23 heavy (non-hydrogen) atoms. The van der Waals surface area contributed by atoms with E-state index in [1.807, 2.05) is 38.1 Å². The van der Waals surface area contributed by atoms with Crippen LogP contribution in [0.15, 0.2) is 28.2 Å². The largest absolute Gasteiger partial charge is 0.506 e. The second-order valence-corrected chi connectivity index (χ2v) is 6.70. The molecule has 0 unspecified atom stereocenters. The van der Waals surface area contributed by atoms with E-state index in [9.17, 15) is 9.90 Å². The molecule has 1 aromatic heterocycles. The van der Waals surface area contributed by atoms with E-state index >= 15 is 0 Å². The summed E-state index contributed by atoms with van der Waals surface area (Å²) in [5, 5.41) is 12.8. The highest BCUT2D eigenvalue weighted by molar-refractivity contribution is 9.10. The molecule has 0 spiro atoms. The van der Waals surface area contributed by atoms with Crippen LogP contribution < -0.4 is 5.32 Å². The molecule has 0 aliphatic heterocycles. The quantitative estimate of drug-likeness (QED) is 0.835. The van der Waals surface area contributed by atoms with Gasteiger partial charge in [-0.15, -0.1) is 0 Å². The predicted molar refractivity (Wildman–Crippen MR) is 94.6 cm³/mol. The van der Waals surface area contributed by atoms with E-state index in [4.69, 9.17) is 0 Å². The lowest BCUT2D eigenvalue weighted by atomic mass is 10.1. The van der Waals surface area contributed by atoms with Gasteiger partial charge in [0.05, 0.1) is 5.69 Å². The van der Waals surface area contributed by atoms with Gasteiger partial charge in [-0.3, -0.25) is 4.79 Å². The Hall–Kier alpha value is -2.14. The van der Waals surface area contributed by atoms with Crippen LogP contribution in [0.4, 0.5) is 5.82 Å². The summed E-state index contributed by atoms with van der Waals surface area (Å²) < 4.78 is 0.997. The maximum absolute atomic E-state index is 12.5. The van der Waals surface area contributed by atoms with Crippen LogP contribution >= 0.6 is 15.9 Å². The van der Waals surface area contributed by atoms with E-state index in [1.54, 1.807) is 6.92 Å². The molecule has 3 rings (SSSR count). The summed E-state index contributed by atoms with van der Waals surface area (Å²) in [5.74, 6) is 0.524. The minimum absolute atomic E-state index is 0.155. The van der Waals surface area contributed by atoms with Gasteiger partial charge < -0.3 is 10.4 Å². The summed E-state index contributed by atoms with van der Waals surface area (Å²) in [4.78, 5) is 16.8. The van der Waals surface area contributed by atoms with E-state index in [2.05, 4.69) is 26.2 Å². The van der Waals surface area contributed by atoms with Crippen molar-refractivity contribution in [2.75, 3.05) is 5.32 Å². The number of amides is 1. The molecule has 0 atom stereocenters. The van der Waals surface area contributed by atoms with E-state index in [1.165, 1.54) is 0 Å². The third kappa shape index (κ3) is 2.88. The van der Waals surface area contributed by atoms with E-state index < -0.39 is 0 Å². The molecule has 1 amide bonds. The number of aromatic nitrogens is 1. The zero-order valence-corrected chi connectivity index (χ0v) is 14.8. The van der Waals surface area contributed by atoms with Crippen molar-refractivity contribution in [1.82, 2.24) is 4.98 Å². The van der Waals surface area contributed by atoms with Crippen molar-refractivity contribution in [1.29, 1.82) is 0 Å². The number of hydrogen-bond donors (Lipinski definition) is 2. The Morgan fingerprint density at radius 3 is 2.74 bits per heavy atom. The number of pyridine rings is 1. The molecule has 2 aromatic rings. The van der Waals surface area contributed by atoms with Crippen molar-refractivity contribution in [2.45, 2.75) is 27.2 Å². The summed E-state index contributed by atoms with van der Waals surface area (Å²) in [6.07, 6.45) is 2.52. The number of aromatic hydroxyl groups is 1. The number of nitrogens with one attached hydrogen (secondary N) is 1. The molecule has 2 N–H and O–H groups in total. The third-order valence-electron chi connectivity index (χ3n) is 4.24. The number of anilines is 1. The maximum Gasteiger partial charge on any atom is 0.253 e. The molecule has 1 aliphatic rings. The van der Waals surface area contributed by atoms with Gasteiger partial charge in [0.25, 0.3) is 5.91 Å². The van der Waals surface area contributed by atoms with E-state index in [0.29, 0.717) is 23.5 Å². The Morgan fingerprint density at radius 2 is 2.00 bits per heavy atom. The van der Waals surface area contributed by atoms with Gasteiger partial charge in [0.2, 0.25) is 0 Å². The normalized spacial score (nSPS) is 12.8. The second-order valence-electron chi connectivity index (χ2n) is 5.79. The fraction of sp³-hybridized carbons (Fsp3) is 0.222. The molecule has 0 saturated carbocycles. The minimum atomic E-state index is -0.155. The van der Waals surface area contributed by atoms with Gasteiger partial charge in [0.1, 0.15) is 11.6 Å². The monoisotopic (exact) mass is 372 g/mol. The molecule has 1 aromatic carbocycles. The lowest BCUT2D eigenvalue weighted by Gasteiger charge is -2.13. The topological polar surface area (TPSA) is 62.2 Å². The Balaban J connectivity index is 1.86. The van der Waals surface area contributed by atoms with Crippen LogP contribution in [0, 0.1) is 20.8 Å². The smallest absolute Gasteiger partial charge is 0.253 e. The fourth-order valence-corrected chi connectivity index (χ4v) is 3.07. The van der Waals surface area contributed by atoms with E-state index in [0.717, 1.165) is 26.7 Å². The molecule has 0 bridgehead atoms. The Labute approximate surface area is 143 Å². The van der Waals surface area contributed by atoms with Gasteiger partial charge in [-0.25, -0.2) is 4.98 Å². The molecule has 118 valence electrons.